The van der Waals surface area contributed by atoms with Gasteiger partial charge in [-0.05, 0) is 37.5 Å². The van der Waals surface area contributed by atoms with Gasteiger partial charge in [0, 0.05) is 12.2 Å². The van der Waals surface area contributed by atoms with Gasteiger partial charge in [-0.1, -0.05) is 39.5 Å². The fraction of sp³-hybridized carbons (Fsp3) is 1.00. The molecule has 17 heavy (non-hydrogen) atoms. The van der Waals surface area contributed by atoms with Crippen LogP contribution < -0.4 is 0 Å². The molecule has 0 radical (unpaired) electrons. The van der Waals surface area contributed by atoms with Crippen LogP contribution in [0.2, 0.25) is 0 Å². The van der Waals surface area contributed by atoms with Crippen LogP contribution in [0.25, 0.3) is 0 Å². The molecule has 2 rings (SSSR count). The minimum atomic E-state index is -0.742. The van der Waals surface area contributed by atoms with Crippen LogP contribution in [0.3, 0.4) is 0 Å². The molecule has 2 fully saturated rings. The van der Waals surface area contributed by atoms with Gasteiger partial charge in [0.1, 0.15) is 0 Å². The van der Waals surface area contributed by atoms with Crippen molar-refractivity contribution in [2.75, 3.05) is 0 Å². The van der Waals surface area contributed by atoms with Gasteiger partial charge in [-0.3, -0.25) is 0 Å². The summed E-state index contributed by atoms with van der Waals surface area (Å²) in [5.74, 6) is 1.51. The normalized spacial score (nSPS) is 39.9. The first kappa shape index (κ1) is 13.6. The van der Waals surface area contributed by atoms with Crippen molar-refractivity contribution in [1.29, 1.82) is 0 Å². The van der Waals surface area contributed by atoms with Gasteiger partial charge in [0.25, 0.3) is 0 Å². The fourth-order valence-corrected chi connectivity index (χ4v) is 4.69. The summed E-state index contributed by atoms with van der Waals surface area (Å²) < 4.78 is 12.1. The third-order valence-corrected chi connectivity index (χ3v) is 5.76. The largest absolute Gasteiger partial charge is 0.395 e. The highest BCUT2D eigenvalue weighted by molar-refractivity contribution is 6.18. The van der Waals surface area contributed by atoms with Gasteiger partial charge < -0.3 is 8.85 Å². The number of hydrogen-bond donors (Lipinski definition) is 0. The minimum Gasteiger partial charge on any atom is -0.395 e. The van der Waals surface area contributed by atoms with Crippen molar-refractivity contribution < 1.29 is 8.85 Å². The summed E-state index contributed by atoms with van der Waals surface area (Å²) in [6.07, 6.45) is 11.7. The fourth-order valence-electron chi connectivity index (χ4n) is 3.27. The first-order chi connectivity index (χ1) is 8.27. The van der Waals surface area contributed by atoms with E-state index in [0.29, 0.717) is 12.2 Å². The Morgan fingerprint density at radius 2 is 1.12 bits per heavy atom. The molecule has 0 bridgehead atoms. The summed E-state index contributed by atoms with van der Waals surface area (Å²) in [6, 6.07) is 0. The van der Waals surface area contributed by atoms with Gasteiger partial charge >= 0.3 is 10.0 Å². The molecule has 0 heterocycles. The van der Waals surface area contributed by atoms with E-state index in [1.165, 1.54) is 51.4 Å². The molecule has 100 valence electrons. The average molecular weight is 256 g/mol. The molecule has 0 N–H and O–H groups in total. The standard InChI is InChI=1S/C14H28O2Si/c1-11-7-3-5-9-13(11)15-17-16-14-10-6-4-8-12(14)2/h11-14H,3-10,17H2,1-2H3. The monoisotopic (exact) mass is 256 g/mol. The van der Waals surface area contributed by atoms with Crippen molar-refractivity contribution in [3.05, 3.63) is 0 Å². The van der Waals surface area contributed by atoms with Crippen LogP contribution in [0.1, 0.15) is 65.2 Å². The van der Waals surface area contributed by atoms with E-state index in [-0.39, 0.29) is 0 Å². The predicted octanol–water partition coefficient (Wildman–Crippen LogP) is 3.18. The number of hydrogen-bond acceptors (Lipinski definition) is 2. The van der Waals surface area contributed by atoms with Crippen molar-refractivity contribution in [2.45, 2.75) is 77.4 Å². The van der Waals surface area contributed by atoms with Crippen LogP contribution in [0.15, 0.2) is 0 Å². The highest BCUT2D eigenvalue weighted by atomic mass is 28.3. The van der Waals surface area contributed by atoms with Gasteiger partial charge in [0.05, 0.1) is 0 Å². The lowest BCUT2D eigenvalue weighted by Gasteiger charge is -2.32. The second-order valence-electron chi connectivity index (χ2n) is 6.05. The highest BCUT2D eigenvalue weighted by Crippen LogP contribution is 2.28. The van der Waals surface area contributed by atoms with Crippen LogP contribution >= 0.6 is 0 Å². The summed E-state index contributed by atoms with van der Waals surface area (Å²) >= 11 is 0. The van der Waals surface area contributed by atoms with Gasteiger partial charge in [-0.25, -0.2) is 0 Å². The van der Waals surface area contributed by atoms with Crippen LogP contribution in [0.4, 0.5) is 0 Å². The van der Waals surface area contributed by atoms with Crippen LogP contribution in [0, 0.1) is 11.8 Å². The lowest BCUT2D eigenvalue weighted by Crippen LogP contribution is -2.32. The summed E-state index contributed by atoms with van der Waals surface area (Å²) in [7, 11) is -0.742. The summed E-state index contributed by atoms with van der Waals surface area (Å²) in [5, 5.41) is 0. The summed E-state index contributed by atoms with van der Waals surface area (Å²) in [5.41, 5.74) is 0. The maximum absolute atomic E-state index is 6.06. The average Bonchev–Trinajstić information content (AvgIpc) is 2.34. The Balaban J connectivity index is 1.64. The molecule has 4 unspecified atom stereocenters. The Kier molecular flexibility index (Phi) is 5.51. The van der Waals surface area contributed by atoms with Crippen molar-refractivity contribution in [3.63, 3.8) is 0 Å². The lowest BCUT2D eigenvalue weighted by atomic mass is 9.88. The molecular formula is C14H28O2Si. The van der Waals surface area contributed by atoms with Crippen LogP contribution in [-0.2, 0) is 8.85 Å². The van der Waals surface area contributed by atoms with Gasteiger partial charge in [0.2, 0.25) is 0 Å². The predicted molar refractivity (Wildman–Crippen MR) is 73.6 cm³/mol. The Bertz CT molecular complexity index is 200. The minimum absolute atomic E-state index is 0.509. The topological polar surface area (TPSA) is 18.5 Å². The molecule has 0 aromatic carbocycles. The Morgan fingerprint density at radius 1 is 0.706 bits per heavy atom. The zero-order valence-corrected chi connectivity index (χ0v) is 12.9. The zero-order valence-electron chi connectivity index (χ0n) is 11.5. The van der Waals surface area contributed by atoms with E-state index >= 15 is 0 Å². The third-order valence-electron chi connectivity index (χ3n) is 4.63. The molecule has 3 heteroatoms. The second kappa shape index (κ2) is 6.91. The van der Waals surface area contributed by atoms with E-state index in [1.54, 1.807) is 0 Å². The molecule has 2 aliphatic carbocycles. The summed E-state index contributed by atoms with van der Waals surface area (Å²) in [6.45, 7) is 4.67. The maximum Gasteiger partial charge on any atom is 0.304 e. The maximum atomic E-state index is 6.06. The second-order valence-corrected chi connectivity index (χ2v) is 6.95. The third kappa shape index (κ3) is 4.07. The van der Waals surface area contributed by atoms with Crippen molar-refractivity contribution >= 4 is 10.0 Å². The lowest BCUT2D eigenvalue weighted by molar-refractivity contribution is 0.0396. The number of rotatable bonds is 4. The van der Waals surface area contributed by atoms with E-state index < -0.39 is 10.0 Å². The zero-order chi connectivity index (χ0) is 12.1. The van der Waals surface area contributed by atoms with Crippen LogP contribution in [-0.4, -0.2) is 22.2 Å². The Morgan fingerprint density at radius 3 is 1.53 bits per heavy atom. The molecule has 0 aromatic heterocycles. The molecule has 0 saturated heterocycles. The van der Waals surface area contributed by atoms with E-state index in [9.17, 15) is 0 Å². The van der Waals surface area contributed by atoms with Crippen molar-refractivity contribution in [3.8, 4) is 0 Å². The quantitative estimate of drug-likeness (QED) is 0.719. The molecular weight excluding hydrogens is 228 g/mol. The van der Waals surface area contributed by atoms with Crippen LogP contribution in [0.5, 0.6) is 0 Å². The Hall–Kier alpha value is 0.137. The first-order valence-electron chi connectivity index (χ1n) is 7.50. The highest BCUT2D eigenvalue weighted by Gasteiger charge is 2.24. The molecule has 2 aliphatic rings. The SMILES string of the molecule is CC1CCCCC1O[SiH2]OC1CCCCC1C. The molecule has 0 amide bonds. The molecule has 2 nitrogen and oxygen atoms in total. The Labute approximate surface area is 109 Å². The molecule has 4 atom stereocenters. The molecule has 2 saturated carbocycles. The summed E-state index contributed by atoms with van der Waals surface area (Å²) in [4.78, 5) is 0. The van der Waals surface area contributed by atoms with Gasteiger partial charge in [-0.15, -0.1) is 0 Å². The van der Waals surface area contributed by atoms with Crippen molar-refractivity contribution in [1.82, 2.24) is 0 Å². The molecule has 0 spiro atoms. The van der Waals surface area contributed by atoms with E-state index in [4.69, 9.17) is 8.85 Å². The van der Waals surface area contributed by atoms with Gasteiger partial charge in [-0.2, -0.15) is 0 Å². The van der Waals surface area contributed by atoms with Gasteiger partial charge in [0.15, 0.2) is 0 Å². The molecule has 0 aliphatic heterocycles. The molecule has 0 aromatic rings. The van der Waals surface area contributed by atoms with E-state index in [1.807, 2.05) is 0 Å². The smallest absolute Gasteiger partial charge is 0.304 e. The first-order valence-corrected chi connectivity index (χ1v) is 8.66. The van der Waals surface area contributed by atoms with E-state index in [2.05, 4.69) is 13.8 Å². The van der Waals surface area contributed by atoms with Crippen molar-refractivity contribution in [2.24, 2.45) is 11.8 Å². The van der Waals surface area contributed by atoms with E-state index in [0.717, 1.165) is 11.8 Å².